The molecule has 0 spiro atoms. The summed E-state index contributed by atoms with van der Waals surface area (Å²) in [5.41, 5.74) is 4.13. The number of nitrogens with two attached hydrogens (primary N) is 1. The molecule has 4 rings (SSSR count). The Balaban J connectivity index is 1.60. The molecule has 0 radical (unpaired) electrons. The van der Waals surface area contributed by atoms with Crippen LogP contribution in [-0.2, 0) is 13.0 Å². The Labute approximate surface area is 177 Å². The van der Waals surface area contributed by atoms with Gasteiger partial charge in [-0.05, 0) is 28.8 Å². The van der Waals surface area contributed by atoms with Crippen LogP contribution in [0.5, 0.6) is 0 Å². The van der Waals surface area contributed by atoms with Crippen LogP contribution in [0.25, 0.3) is 21.7 Å². The molecule has 4 heteroatoms. The van der Waals surface area contributed by atoms with Gasteiger partial charge in [-0.3, -0.25) is 0 Å². The molecule has 0 saturated heterocycles. The molecule has 0 fully saturated rings. The Bertz CT molecular complexity index is 1210. The Morgan fingerprint density at radius 3 is 2.50 bits per heavy atom. The van der Waals surface area contributed by atoms with E-state index in [2.05, 4.69) is 62.7 Å². The average molecular weight is 403 g/mol. The third-order valence-electron chi connectivity index (χ3n) is 5.97. The molecule has 4 nitrogen and oxygen atoms in total. The van der Waals surface area contributed by atoms with Gasteiger partial charge in [0.25, 0.3) is 0 Å². The molecule has 1 heterocycles. The molecule has 1 atom stereocenters. The normalized spacial score (nSPS) is 12.7. The Hall–Kier alpha value is -2.95. The lowest BCUT2D eigenvalue weighted by Gasteiger charge is -2.21. The molecule has 0 aliphatic carbocycles. The first-order chi connectivity index (χ1) is 14.6. The quantitative estimate of drug-likeness (QED) is 0.369. The van der Waals surface area contributed by atoms with E-state index in [1.54, 1.807) is 6.07 Å². The zero-order chi connectivity index (χ0) is 21.1. The summed E-state index contributed by atoms with van der Waals surface area (Å²) in [4.78, 5) is 13.5. The van der Waals surface area contributed by atoms with Crippen molar-refractivity contribution in [3.05, 3.63) is 93.8 Å². The number of nitrogens with one attached hydrogen (secondary N) is 1. The van der Waals surface area contributed by atoms with E-state index in [0.717, 1.165) is 41.2 Å². The van der Waals surface area contributed by atoms with Gasteiger partial charge in [0.05, 0.1) is 14.1 Å². The number of quaternary nitrogens is 2. The lowest BCUT2D eigenvalue weighted by molar-refractivity contribution is -0.910. The standard InChI is InChI=1S/C26H28N2O2/c1-4-18-9-11-20(12-10-18)23(28(2)3)17-27-16-21-15-25(29)30-24-14-13-19-7-5-6-8-22(19)26(21)24/h5-15,23,27H,4,16-17H2,1-3H3/p+2/t23-/m1/s1. The summed E-state index contributed by atoms with van der Waals surface area (Å²) in [6.45, 7) is 3.87. The van der Waals surface area contributed by atoms with Crippen molar-refractivity contribution < 1.29 is 14.6 Å². The van der Waals surface area contributed by atoms with Crippen LogP contribution in [0.3, 0.4) is 0 Å². The van der Waals surface area contributed by atoms with Crippen LogP contribution in [0.4, 0.5) is 0 Å². The minimum atomic E-state index is -0.286. The molecule has 3 N–H and O–H groups in total. The molecule has 0 unspecified atom stereocenters. The first kappa shape index (κ1) is 20.3. The van der Waals surface area contributed by atoms with Crippen LogP contribution in [-0.4, -0.2) is 20.6 Å². The lowest BCUT2D eigenvalue weighted by atomic mass is 10.0. The zero-order valence-corrected chi connectivity index (χ0v) is 17.9. The highest BCUT2D eigenvalue weighted by atomic mass is 16.4. The van der Waals surface area contributed by atoms with Crippen LogP contribution in [0.2, 0.25) is 0 Å². The molecular formula is C26H30N2O2+2. The highest BCUT2D eigenvalue weighted by molar-refractivity contribution is 6.06. The van der Waals surface area contributed by atoms with E-state index in [9.17, 15) is 4.79 Å². The fraction of sp³-hybridized carbons (Fsp3) is 0.269. The molecule has 0 aliphatic heterocycles. The predicted octanol–water partition coefficient (Wildman–Crippen LogP) is 2.46. The van der Waals surface area contributed by atoms with Crippen molar-refractivity contribution in [2.45, 2.75) is 25.9 Å². The number of hydrogen-bond donors (Lipinski definition) is 2. The van der Waals surface area contributed by atoms with Gasteiger partial charge in [-0.15, -0.1) is 0 Å². The maximum atomic E-state index is 12.1. The van der Waals surface area contributed by atoms with Gasteiger partial charge in [-0.25, -0.2) is 4.79 Å². The van der Waals surface area contributed by atoms with Gasteiger partial charge >= 0.3 is 5.63 Å². The van der Waals surface area contributed by atoms with E-state index in [1.165, 1.54) is 16.0 Å². The predicted molar refractivity (Wildman–Crippen MR) is 122 cm³/mol. The van der Waals surface area contributed by atoms with Gasteiger partial charge in [0.2, 0.25) is 0 Å². The second-order valence-corrected chi connectivity index (χ2v) is 8.20. The number of likely N-dealkylation sites (N-methyl/N-ethyl adjacent to an activating group) is 1. The summed E-state index contributed by atoms with van der Waals surface area (Å²) in [6, 6.07) is 23.2. The largest absolute Gasteiger partial charge is 0.423 e. The van der Waals surface area contributed by atoms with E-state index >= 15 is 0 Å². The van der Waals surface area contributed by atoms with Crippen molar-refractivity contribution in [2.75, 3.05) is 20.6 Å². The minimum Gasteiger partial charge on any atom is -0.423 e. The molecule has 0 amide bonds. The number of fused-ring (bicyclic) bond motifs is 3. The number of rotatable bonds is 7. The number of aryl methyl sites for hydroxylation is 1. The van der Waals surface area contributed by atoms with E-state index in [0.29, 0.717) is 11.6 Å². The van der Waals surface area contributed by atoms with E-state index in [1.807, 2.05) is 24.3 Å². The number of hydrogen-bond acceptors (Lipinski definition) is 2. The first-order valence-electron chi connectivity index (χ1n) is 10.7. The topological polar surface area (TPSA) is 51.3 Å². The zero-order valence-electron chi connectivity index (χ0n) is 17.9. The Morgan fingerprint density at radius 1 is 1.00 bits per heavy atom. The molecular weight excluding hydrogens is 372 g/mol. The summed E-state index contributed by atoms with van der Waals surface area (Å²) < 4.78 is 5.49. The summed E-state index contributed by atoms with van der Waals surface area (Å²) in [5, 5.41) is 5.64. The van der Waals surface area contributed by atoms with Crippen LogP contribution >= 0.6 is 0 Å². The third-order valence-corrected chi connectivity index (χ3v) is 5.97. The van der Waals surface area contributed by atoms with E-state index in [-0.39, 0.29) is 5.63 Å². The van der Waals surface area contributed by atoms with Crippen molar-refractivity contribution >= 4 is 21.7 Å². The van der Waals surface area contributed by atoms with Gasteiger partial charge in [-0.1, -0.05) is 61.5 Å². The monoisotopic (exact) mass is 402 g/mol. The van der Waals surface area contributed by atoms with Gasteiger partial charge in [0.15, 0.2) is 6.04 Å². The molecule has 30 heavy (non-hydrogen) atoms. The van der Waals surface area contributed by atoms with Crippen LogP contribution < -0.4 is 15.8 Å². The second kappa shape index (κ2) is 8.82. The molecule has 0 bridgehead atoms. The van der Waals surface area contributed by atoms with Crippen molar-refractivity contribution in [2.24, 2.45) is 0 Å². The van der Waals surface area contributed by atoms with Crippen molar-refractivity contribution in [3.63, 3.8) is 0 Å². The summed E-state index contributed by atoms with van der Waals surface area (Å²) in [7, 11) is 4.40. The average Bonchev–Trinajstić information content (AvgIpc) is 2.76. The lowest BCUT2D eigenvalue weighted by Crippen LogP contribution is -3.09. The summed E-state index contributed by atoms with van der Waals surface area (Å²) in [6.07, 6.45) is 1.06. The second-order valence-electron chi connectivity index (χ2n) is 8.20. The minimum absolute atomic E-state index is 0.286. The van der Waals surface area contributed by atoms with Gasteiger partial charge in [-0.2, -0.15) is 0 Å². The molecule has 3 aromatic carbocycles. The maximum absolute atomic E-state index is 12.1. The fourth-order valence-electron chi connectivity index (χ4n) is 4.28. The Morgan fingerprint density at radius 2 is 1.77 bits per heavy atom. The van der Waals surface area contributed by atoms with Gasteiger partial charge in [0, 0.05) is 22.6 Å². The molecule has 0 saturated carbocycles. The van der Waals surface area contributed by atoms with Crippen LogP contribution in [0, 0.1) is 0 Å². The van der Waals surface area contributed by atoms with Crippen LogP contribution in [0.1, 0.15) is 29.7 Å². The van der Waals surface area contributed by atoms with Crippen molar-refractivity contribution in [3.8, 4) is 0 Å². The molecule has 4 aromatic rings. The van der Waals surface area contributed by atoms with Gasteiger partial charge < -0.3 is 14.6 Å². The molecule has 0 aliphatic rings. The van der Waals surface area contributed by atoms with Crippen molar-refractivity contribution in [1.29, 1.82) is 0 Å². The molecule has 1 aromatic heterocycles. The third kappa shape index (κ3) is 4.16. The van der Waals surface area contributed by atoms with Gasteiger partial charge in [0.1, 0.15) is 18.7 Å². The summed E-state index contributed by atoms with van der Waals surface area (Å²) in [5.74, 6) is 0. The smallest absolute Gasteiger partial charge is 0.336 e. The van der Waals surface area contributed by atoms with E-state index < -0.39 is 0 Å². The molecule has 154 valence electrons. The van der Waals surface area contributed by atoms with E-state index in [4.69, 9.17) is 4.42 Å². The highest BCUT2D eigenvalue weighted by Crippen LogP contribution is 2.26. The number of benzene rings is 3. The maximum Gasteiger partial charge on any atom is 0.336 e. The fourth-order valence-corrected chi connectivity index (χ4v) is 4.28. The first-order valence-corrected chi connectivity index (χ1v) is 10.7. The van der Waals surface area contributed by atoms with Crippen LogP contribution in [0.15, 0.2) is 75.9 Å². The van der Waals surface area contributed by atoms with Crippen molar-refractivity contribution in [1.82, 2.24) is 0 Å². The highest BCUT2D eigenvalue weighted by Gasteiger charge is 2.20. The Kier molecular flexibility index (Phi) is 5.98. The summed E-state index contributed by atoms with van der Waals surface area (Å²) >= 11 is 0. The SMILES string of the molecule is CCc1ccc([C@@H](C[NH2+]Cc2cc(=O)oc3ccc4ccccc4c23)[NH+](C)C)cc1.